The maximum atomic E-state index is 12.5. The number of likely N-dealkylation sites (tertiary alicyclic amines) is 1. The van der Waals surface area contributed by atoms with E-state index in [-0.39, 0.29) is 5.91 Å². The Hall–Kier alpha value is -2.44. The van der Waals surface area contributed by atoms with Gasteiger partial charge in [-0.25, -0.2) is 15.0 Å². The maximum absolute atomic E-state index is 12.5. The van der Waals surface area contributed by atoms with Crippen molar-refractivity contribution in [3.63, 3.8) is 0 Å². The molecule has 0 atom stereocenters. The lowest BCUT2D eigenvalue weighted by Crippen LogP contribution is -2.47. The van der Waals surface area contributed by atoms with Gasteiger partial charge < -0.3 is 14.8 Å². The number of hydrogen-bond donors (Lipinski definition) is 1. The average Bonchev–Trinajstić information content (AvgIpc) is 3.16. The number of carbonyl (C=O) groups is 1. The van der Waals surface area contributed by atoms with Crippen LogP contribution in [0.4, 0.5) is 5.82 Å². The molecule has 0 bridgehead atoms. The average molecular weight is 326 g/mol. The second-order valence-electron chi connectivity index (χ2n) is 7.01. The van der Waals surface area contributed by atoms with Gasteiger partial charge in [0.15, 0.2) is 0 Å². The van der Waals surface area contributed by atoms with Crippen LogP contribution in [0.5, 0.6) is 0 Å². The summed E-state index contributed by atoms with van der Waals surface area (Å²) in [4.78, 5) is 26.8. The van der Waals surface area contributed by atoms with Gasteiger partial charge in [0.1, 0.15) is 24.5 Å². The summed E-state index contributed by atoms with van der Waals surface area (Å²) in [6, 6.07) is 2.34. The minimum absolute atomic E-state index is 0.195. The van der Waals surface area contributed by atoms with Crippen LogP contribution in [0.25, 0.3) is 0 Å². The van der Waals surface area contributed by atoms with Gasteiger partial charge in [-0.15, -0.1) is 0 Å². The van der Waals surface area contributed by atoms with E-state index in [1.807, 2.05) is 28.7 Å². The monoisotopic (exact) mass is 326 g/mol. The molecule has 1 saturated heterocycles. The second kappa shape index (κ2) is 5.89. The first kappa shape index (κ1) is 15.1. The molecule has 0 unspecified atom stereocenters. The highest BCUT2D eigenvalue weighted by Crippen LogP contribution is 2.49. The molecule has 4 rings (SSSR count). The number of aromatic nitrogens is 4. The van der Waals surface area contributed by atoms with Crippen LogP contribution in [0, 0.1) is 12.3 Å². The third kappa shape index (κ3) is 2.86. The largest absolute Gasteiger partial charge is 0.367 e. The Balaban J connectivity index is 1.29. The van der Waals surface area contributed by atoms with Gasteiger partial charge in [-0.1, -0.05) is 0 Å². The van der Waals surface area contributed by atoms with Crippen LogP contribution < -0.4 is 5.32 Å². The third-order valence-electron chi connectivity index (χ3n) is 5.31. The molecular weight excluding hydrogens is 304 g/mol. The second-order valence-corrected chi connectivity index (χ2v) is 7.01. The summed E-state index contributed by atoms with van der Waals surface area (Å²) in [5, 5.41) is 3.45. The lowest BCUT2D eigenvalue weighted by Gasteiger charge is -2.45. The summed E-state index contributed by atoms with van der Waals surface area (Å²) < 4.78 is 1.91. The predicted molar refractivity (Wildman–Crippen MR) is 89.3 cm³/mol. The molecule has 1 aliphatic heterocycles. The summed E-state index contributed by atoms with van der Waals surface area (Å²) in [6.07, 6.45) is 10.2. The van der Waals surface area contributed by atoms with Crippen molar-refractivity contribution in [1.29, 1.82) is 0 Å². The molecule has 1 amide bonds. The Bertz CT molecular complexity index is 722. The minimum Gasteiger partial charge on any atom is -0.367 e. The molecule has 1 aliphatic carbocycles. The predicted octanol–water partition coefficient (Wildman–Crippen LogP) is 1.47. The zero-order valence-electron chi connectivity index (χ0n) is 13.9. The molecular formula is C17H22N6O. The molecule has 2 fully saturated rings. The SMILES string of the molecule is Cc1nccn1CC(=O)N1CCC2(CC(Nc3ccncn3)C2)C1. The van der Waals surface area contributed by atoms with Crippen LogP contribution in [0.2, 0.25) is 0 Å². The van der Waals surface area contributed by atoms with Crippen molar-refractivity contribution >= 4 is 11.7 Å². The third-order valence-corrected chi connectivity index (χ3v) is 5.31. The van der Waals surface area contributed by atoms with Crippen molar-refractivity contribution in [2.75, 3.05) is 18.4 Å². The van der Waals surface area contributed by atoms with E-state index in [4.69, 9.17) is 0 Å². The number of anilines is 1. The van der Waals surface area contributed by atoms with E-state index in [0.29, 0.717) is 18.0 Å². The number of nitrogens with zero attached hydrogens (tertiary/aromatic N) is 5. The Labute approximate surface area is 141 Å². The van der Waals surface area contributed by atoms with Crippen LogP contribution in [-0.2, 0) is 11.3 Å². The van der Waals surface area contributed by atoms with E-state index in [1.54, 1.807) is 18.7 Å². The summed E-state index contributed by atoms with van der Waals surface area (Å²) in [6.45, 7) is 4.06. The number of carbonyl (C=O) groups excluding carboxylic acids is 1. The van der Waals surface area contributed by atoms with Crippen LogP contribution in [0.1, 0.15) is 25.1 Å². The van der Waals surface area contributed by atoms with Gasteiger partial charge in [-0.3, -0.25) is 4.79 Å². The molecule has 3 heterocycles. The molecule has 7 nitrogen and oxygen atoms in total. The molecule has 1 spiro atoms. The van der Waals surface area contributed by atoms with E-state index in [9.17, 15) is 4.79 Å². The van der Waals surface area contributed by atoms with Gasteiger partial charge >= 0.3 is 0 Å². The van der Waals surface area contributed by atoms with Crippen LogP contribution >= 0.6 is 0 Å². The first-order chi connectivity index (χ1) is 11.6. The Morgan fingerprint density at radius 2 is 2.25 bits per heavy atom. The first-order valence-electron chi connectivity index (χ1n) is 8.42. The molecule has 2 aliphatic rings. The summed E-state index contributed by atoms with van der Waals surface area (Å²) in [5.41, 5.74) is 0.296. The van der Waals surface area contributed by atoms with Crippen LogP contribution in [0.15, 0.2) is 31.0 Å². The molecule has 1 N–H and O–H groups in total. The van der Waals surface area contributed by atoms with Crippen molar-refractivity contribution in [2.24, 2.45) is 5.41 Å². The molecule has 7 heteroatoms. The molecule has 0 radical (unpaired) electrons. The fraction of sp³-hybridized carbons (Fsp3) is 0.529. The zero-order valence-corrected chi connectivity index (χ0v) is 13.9. The highest BCUT2D eigenvalue weighted by Gasteiger charge is 2.49. The molecule has 0 aromatic carbocycles. The number of rotatable bonds is 4. The Morgan fingerprint density at radius 3 is 2.96 bits per heavy atom. The Morgan fingerprint density at radius 1 is 1.38 bits per heavy atom. The number of hydrogen-bond acceptors (Lipinski definition) is 5. The van der Waals surface area contributed by atoms with Gasteiger partial charge in [0.25, 0.3) is 0 Å². The van der Waals surface area contributed by atoms with E-state index >= 15 is 0 Å². The molecule has 126 valence electrons. The summed E-state index contributed by atoms with van der Waals surface area (Å²) in [5.74, 6) is 1.96. The summed E-state index contributed by atoms with van der Waals surface area (Å²) >= 11 is 0. The van der Waals surface area contributed by atoms with Gasteiger partial charge in [0.2, 0.25) is 5.91 Å². The maximum Gasteiger partial charge on any atom is 0.242 e. The molecule has 2 aromatic heterocycles. The van der Waals surface area contributed by atoms with Crippen LogP contribution in [0.3, 0.4) is 0 Å². The van der Waals surface area contributed by atoms with Crippen molar-refractivity contribution in [1.82, 2.24) is 24.4 Å². The van der Waals surface area contributed by atoms with Crippen molar-refractivity contribution < 1.29 is 4.79 Å². The highest BCUT2D eigenvalue weighted by atomic mass is 16.2. The fourth-order valence-corrected chi connectivity index (χ4v) is 3.97. The van der Waals surface area contributed by atoms with Crippen molar-refractivity contribution in [2.45, 2.75) is 38.8 Å². The number of nitrogens with one attached hydrogen (secondary N) is 1. The van der Waals surface area contributed by atoms with Crippen molar-refractivity contribution in [3.8, 4) is 0 Å². The topological polar surface area (TPSA) is 75.9 Å². The number of aryl methyl sites for hydroxylation is 1. The first-order valence-corrected chi connectivity index (χ1v) is 8.42. The fourth-order valence-electron chi connectivity index (χ4n) is 3.97. The van der Waals surface area contributed by atoms with E-state index < -0.39 is 0 Å². The van der Waals surface area contributed by atoms with Gasteiger partial charge in [0.05, 0.1) is 0 Å². The van der Waals surface area contributed by atoms with Gasteiger partial charge in [-0.2, -0.15) is 0 Å². The van der Waals surface area contributed by atoms with E-state index in [2.05, 4.69) is 20.3 Å². The highest BCUT2D eigenvalue weighted by molar-refractivity contribution is 5.76. The lowest BCUT2D eigenvalue weighted by molar-refractivity contribution is -0.131. The number of amides is 1. The standard InChI is InChI=1S/C17H22N6O/c1-13-19-5-7-22(13)10-16(24)23-6-3-17(11-23)8-14(9-17)21-15-2-4-18-12-20-15/h2,4-5,7,12,14H,3,6,8-11H2,1H3,(H,18,20,21). The van der Waals surface area contributed by atoms with Crippen molar-refractivity contribution in [3.05, 3.63) is 36.8 Å². The van der Waals surface area contributed by atoms with Gasteiger partial charge in [0, 0.05) is 37.7 Å². The van der Waals surface area contributed by atoms with Crippen LogP contribution in [-0.4, -0.2) is 49.5 Å². The zero-order chi connectivity index (χ0) is 16.6. The smallest absolute Gasteiger partial charge is 0.242 e. The normalized spacial score (nSPS) is 25.7. The minimum atomic E-state index is 0.195. The quantitative estimate of drug-likeness (QED) is 0.921. The van der Waals surface area contributed by atoms with E-state index in [1.165, 1.54) is 0 Å². The number of imidazole rings is 1. The Kier molecular flexibility index (Phi) is 3.70. The van der Waals surface area contributed by atoms with E-state index in [0.717, 1.165) is 44.0 Å². The molecule has 24 heavy (non-hydrogen) atoms. The lowest BCUT2D eigenvalue weighted by atomic mass is 9.65. The molecule has 2 aromatic rings. The van der Waals surface area contributed by atoms with Gasteiger partial charge in [-0.05, 0) is 37.7 Å². The summed E-state index contributed by atoms with van der Waals surface area (Å²) in [7, 11) is 0. The molecule has 1 saturated carbocycles.